The van der Waals surface area contributed by atoms with E-state index in [-0.39, 0.29) is 17.6 Å². The van der Waals surface area contributed by atoms with Gasteiger partial charge in [0.25, 0.3) is 0 Å². The van der Waals surface area contributed by atoms with Gasteiger partial charge in [0.05, 0.1) is 17.0 Å². The zero-order valence-corrected chi connectivity index (χ0v) is 10.7. The molecular weight excluding hydrogens is 241 g/mol. The molecule has 3 unspecified atom stereocenters. The maximum atomic E-state index is 13.7. The molecule has 0 saturated carbocycles. The molecule has 94 valence electrons. The van der Waals surface area contributed by atoms with Gasteiger partial charge in [-0.15, -0.1) is 0 Å². The minimum Gasteiger partial charge on any atom is -0.305 e. The molecule has 17 heavy (non-hydrogen) atoms. The number of benzene rings is 1. The molecule has 0 aliphatic carbocycles. The first-order chi connectivity index (χ1) is 7.92. The summed E-state index contributed by atoms with van der Waals surface area (Å²) in [5.41, 5.74) is 0.426. The van der Waals surface area contributed by atoms with Crippen molar-refractivity contribution < 1.29 is 12.8 Å². The van der Waals surface area contributed by atoms with Crippen LogP contribution in [-0.2, 0) is 9.84 Å². The van der Waals surface area contributed by atoms with Crippen LogP contribution in [0.5, 0.6) is 0 Å². The monoisotopic (exact) mass is 257 g/mol. The molecule has 2 rings (SSSR count). The highest BCUT2D eigenvalue weighted by molar-refractivity contribution is 7.92. The quantitative estimate of drug-likeness (QED) is 0.832. The maximum Gasteiger partial charge on any atom is 0.156 e. The van der Waals surface area contributed by atoms with E-state index < -0.39 is 21.1 Å². The first-order valence-electron chi connectivity index (χ1n) is 5.64. The largest absolute Gasteiger partial charge is 0.305 e. The van der Waals surface area contributed by atoms with Crippen LogP contribution in [0.1, 0.15) is 25.5 Å². The second-order valence-electron chi connectivity index (χ2n) is 4.60. The molecule has 0 spiro atoms. The van der Waals surface area contributed by atoms with Crippen molar-refractivity contribution >= 4 is 9.84 Å². The third-order valence-corrected chi connectivity index (χ3v) is 5.59. The molecule has 1 saturated heterocycles. The van der Waals surface area contributed by atoms with Gasteiger partial charge in [-0.3, -0.25) is 0 Å². The standard InChI is InChI=1S/C12H16FNO2S/c1-8-7-17(15,16)9(2)12(14-8)10-5-3-4-6-11(10)13/h3-6,8-9,12,14H,7H2,1-2H3. The molecule has 1 aliphatic heterocycles. The van der Waals surface area contributed by atoms with Crippen LogP contribution < -0.4 is 5.32 Å². The van der Waals surface area contributed by atoms with Crippen molar-refractivity contribution in [2.24, 2.45) is 0 Å². The Morgan fingerprint density at radius 1 is 1.29 bits per heavy atom. The minimum atomic E-state index is -3.15. The molecule has 0 radical (unpaired) electrons. The summed E-state index contributed by atoms with van der Waals surface area (Å²) in [6.45, 7) is 3.43. The number of hydrogen-bond donors (Lipinski definition) is 1. The summed E-state index contributed by atoms with van der Waals surface area (Å²) in [6, 6.07) is 5.70. The average molecular weight is 257 g/mol. The summed E-state index contributed by atoms with van der Waals surface area (Å²) in [6.07, 6.45) is 0. The van der Waals surface area contributed by atoms with Crippen LogP contribution in [0.15, 0.2) is 24.3 Å². The van der Waals surface area contributed by atoms with Gasteiger partial charge in [-0.2, -0.15) is 0 Å². The summed E-state index contributed by atoms with van der Waals surface area (Å²) in [5, 5.41) is 2.56. The molecule has 0 aromatic heterocycles. The molecule has 3 atom stereocenters. The van der Waals surface area contributed by atoms with Crippen molar-refractivity contribution in [3.63, 3.8) is 0 Å². The predicted molar refractivity (Wildman–Crippen MR) is 65.0 cm³/mol. The second kappa shape index (κ2) is 4.38. The topological polar surface area (TPSA) is 46.2 Å². The summed E-state index contributed by atoms with van der Waals surface area (Å²) in [4.78, 5) is 0. The van der Waals surface area contributed by atoms with Crippen molar-refractivity contribution in [1.29, 1.82) is 0 Å². The molecular formula is C12H16FNO2S. The van der Waals surface area contributed by atoms with Crippen LogP contribution >= 0.6 is 0 Å². The Bertz CT molecular complexity index is 515. The number of nitrogens with one attached hydrogen (secondary N) is 1. The fourth-order valence-corrected chi connectivity index (χ4v) is 4.00. The summed E-state index contributed by atoms with van der Waals surface area (Å²) < 4.78 is 37.5. The van der Waals surface area contributed by atoms with E-state index in [1.807, 2.05) is 0 Å². The van der Waals surface area contributed by atoms with E-state index in [0.29, 0.717) is 5.56 Å². The van der Waals surface area contributed by atoms with Gasteiger partial charge in [0, 0.05) is 11.6 Å². The van der Waals surface area contributed by atoms with Gasteiger partial charge in [0.15, 0.2) is 9.84 Å². The molecule has 3 nitrogen and oxygen atoms in total. The second-order valence-corrected chi connectivity index (χ2v) is 7.00. The summed E-state index contributed by atoms with van der Waals surface area (Å²) in [5.74, 6) is -0.250. The van der Waals surface area contributed by atoms with Gasteiger partial charge in [-0.1, -0.05) is 18.2 Å². The minimum absolute atomic E-state index is 0.110. The first-order valence-corrected chi connectivity index (χ1v) is 7.35. The molecule has 1 aromatic carbocycles. The van der Waals surface area contributed by atoms with Gasteiger partial charge in [-0.25, -0.2) is 12.8 Å². The Kier molecular flexibility index (Phi) is 3.23. The fraction of sp³-hybridized carbons (Fsp3) is 0.500. The SMILES string of the molecule is CC1CS(=O)(=O)C(C)C(c2ccccc2F)N1. The van der Waals surface area contributed by atoms with Gasteiger partial charge < -0.3 is 5.32 Å². The Morgan fingerprint density at radius 3 is 2.59 bits per heavy atom. The van der Waals surface area contributed by atoms with Crippen molar-refractivity contribution in [2.45, 2.75) is 31.2 Å². The van der Waals surface area contributed by atoms with Gasteiger partial charge in [0.1, 0.15) is 5.82 Å². The molecule has 1 N–H and O–H groups in total. The normalized spacial score (nSPS) is 32.3. The smallest absolute Gasteiger partial charge is 0.156 e. The van der Waals surface area contributed by atoms with Gasteiger partial charge in [0.2, 0.25) is 0 Å². The molecule has 1 aliphatic rings. The summed E-state index contributed by atoms with van der Waals surface area (Å²) >= 11 is 0. The third-order valence-electron chi connectivity index (χ3n) is 3.22. The molecule has 1 heterocycles. The Morgan fingerprint density at radius 2 is 1.94 bits per heavy atom. The van der Waals surface area contributed by atoms with Crippen molar-refractivity contribution in [2.75, 3.05) is 5.75 Å². The fourth-order valence-electron chi connectivity index (χ4n) is 2.27. The van der Waals surface area contributed by atoms with E-state index in [1.165, 1.54) is 6.07 Å². The van der Waals surface area contributed by atoms with Crippen molar-refractivity contribution in [1.82, 2.24) is 5.32 Å². The van der Waals surface area contributed by atoms with Crippen LogP contribution in [0.3, 0.4) is 0 Å². The zero-order chi connectivity index (χ0) is 12.6. The van der Waals surface area contributed by atoms with E-state index in [2.05, 4.69) is 5.32 Å². The number of hydrogen-bond acceptors (Lipinski definition) is 3. The first kappa shape index (κ1) is 12.5. The number of halogens is 1. The maximum absolute atomic E-state index is 13.7. The van der Waals surface area contributed by atoms with Crippen LogP contribution in [0, 0.1) is 5.82 Å². The zero-order valence-electron chi connectivity index (χ0n) is 9.85. The van der Waals surface area contributed by atoms with E-state index >= 15 is 0 Å². The van der Waals surface area contributed by atoms with E-state index in [4.69, 9.17) is 0 Å². The molecule has 1 fully saturated rings. The van der Waals surface area contributed by atoms with Crippen LogP contribution in [0.4, 0.5) is 4.39 Å². The van der Waals surface area contributed by atoms with Crippen LogP contribution in [0.2, 0.25) is 0 Å². The Labute approximate surface area is 101 Å². The van der Waals surface area contributed by atoms with Gasteiger partial charge in [-0.05, 0) is 19.9 Å². The van der Waals surface area contributed by atoms with E-state index in [1.54, 1.807) is 32.0 Å². The highest BCUT2D eigenvalue weighted by Crippen LogP contribution is 2.29. The molecule has 0 amide bonds. The lowest BCUT2D eigenvalue weighted by Gasteiger charge is -2.34. The van der Waals surface area contributed by atoms with Gasteiger partial charge >= 0.3 is 0 Å². The van der Waals surface area contributed by atoms with Crippen molar-refractivity contribution in [3.8, 4) is 0 Å². The average Bonchev–Trinajstić information content (AvgIpc) is 2.24. The van der Waals surface area contributed by atoms with Crippen LogP contribution in [0.25, 0.3) is 0 Å². The highest BCUT2D eigenvalue weighted by atomic mass is 32.2. The van der Waals surface area contributed by atoms with E-state index in [0.717, 1.165) is 0 Å². The Hall–Kier alpha value is -0.940. The predicted octanol–water partition coefficient (Wildman–Crippen LogP) is 1.66. The Balaban J connectivity index is 2.42. The third kappa shape index (κ3) is 2.35. The number of rotatable bonds is 1. The number of sulfone groups is 1. The molecule has 1 aromatic rings. The van der Waals surface area contributed by atoms with Crippen LogP contribution in [-0.4, -0.2) is 25.5 Å². The lowest BCUT2D eigenvalue weighted by Crippen LogP contribution is -2.50. The highest BCUT2D eigenvalue weighted by Gasteiger charge is 2.38. The van der Waals surface area contributed by atoms with Crippen molar-refractivity contribution in [3.05, 3.63) is 35.6 Å². The lowest BCUT2D eigenvalue weighted by atomic mass is 10.0. The molecule has 0 bridgehead atoms. The van der Waals surface area contributed by atoms with E-state index in [9.17, 15) is 12.8 Å². The molecule has 5 heteroatoms. The summed E-state index contributed by atoms with van der Waals surface area (Å²) in [7, 11) is -3.15. The lowest BCUT2D eigenvalue weighted by molar-refractivity contribution is 0.416.